The van der Waals surface area contributed by atoms with Crippen LogP contribution in [0.5, 0.6) is 0 Å². The van der Waals surface area contributed by atoms with Crippen LogP contribution < -0.4 is 10.6 Å². The van der Waals surface area contributed by atoms with Crippen molar-refractivity contribution in [2.75, 3.05) is 18.5 Å². The number of nitrogens with one attached hydrogen (secondary N) is 2. The first-order chi connectivity index (χ1) is 12.4. The summed E-state index contributed by atoms with van der Waals surface area (Å²) in [6.07, 6.45) is 0.0347. The van der Waals surface area contributed by atoms with E-state index in [1.165, 1.54) is 0 Å². The number of esters is 1. The average molecular weight is 440 g/mol. The van der Waals surface area contributed by atoms with Crippen molar-refractivity contribution in [3.8, 4) is 0 Å². The second-order valence-corrected chi connectivity index (χ2v) is 6.56. The van der Waals surface area contributed by atoms with Gasteiger partial charge in [0.2, 0.25) is 5.91 Å². The van der Waals surface area contributed by atoms with Crippen LogP contribution in [0.2, 0.25) is 5.02 Å². The molecule has 0 aliphatic rings. The molecule has 2 aromatic rings. The highest BCUT2D eigenvalue weighted by atomic mass is 79.9. The van der Waals surface area contributed by atoms with Crippen LogP contribution in [-0.2, 0) is 25.5 Å². The monoisotopic (exact) mass is 438 g/mol. The first kappa shape index (κ1) is 19.9. The topological polar surface area (TPSA) is 84.5 Å². The lowest BCUT2D eigenvalue weighted by Gasteiger charge is -2.09. The number of ether oxygens (including phenoxy) is 1. The molecule has 8 heteroatoms. The number of benzene rings is 2. The molecule has 0 aliphatic heterocycles. The molecule has 0 heterocycles. The molecule has 0 aromatic heterocycles. The van der Waals surface area contributed by atoms with Gasteiger partial charge in [0.05, 0.1) is 18.7 Å². The molecule has 0 bridgehead atoms. The number of hydrogen-bond acceptors (Lipinski definition) is 4. The largest absolute Gasteiger partial charge is 0.455 e. The molecule has 136 valence electrons. The summed E-state index contributed by atoms with van der Waals surface area (Å²) >= 11 is 9.08. The molecule has 0 spiro atoms. The Kier molecular flexibility index (Phi) is 7.62. The third kappa shape index (κ3) is 6.85. The third-order valence-corrected chi connectivity index (χ3v) is 4.16. The SMILES string of the molecule is O=C(COC(=O)Cc1ccc(Cl)cc1)NCC(=O)Nc1ccccc1Br. The van der Waals surface area contributed by atoms with E-state index in [0.717, 1.165) is 10.0 Å². The highest BCUT2D eigenvalue weighted by Gasteiger charge is 2.11. The Morgan fingerprint density at radius 3 is 2.38 bits per heavy atom. The minimum absolute atomic E-state index is 0.0347. The predicted octanol–water partition coefficient (Wildman–Crippen LogP) is 2.94. The highest BCUT2D eigenvalue weighted by molar-refractivity contribution is 9.10. The molecule has 0 atom stereocenters. The predicted molar refractivity (Wildman–Crippen MR) is 102 cm³/mol. The van der Waals surface area contributed by atoms with Gasteiger partial charge >= 0.3 is 5.97 Å². The van der Waals surface area contributed by atoms with E-state index in [1.807, 2.05) is 6.07 Å². The first-order valence-corrected chi connectivity index (χ1v) is 8.82. The van der Waals surface area contributed by atoms with Crippen LogP contribution in [0.1, 0.15) is 5.56 Å². The van der Waals surface area contributed by atoms with Crippen LogP contribution in [0, 0.1) is 0 Å². The van der Waals surface area contributed by atoms with E-state index in [-0.39, 0.29) is 13.0 Å². The van der Waals surface area contributed by atoms with Gasteiger partial charge in [0.15, 0.2) is 6.61 Å². The van der Waals surface area contributed by atoms with E-state index in [0.29, 0.717) is 10.7 Å². The zero-order valence-corrected chi connectivity index (χ0v) is 16.0. The number of halogens is 2. The summed E-state index contributed by atoms with van der Waals surface area (Å²) in [5.74, 6) is -1.49. The zero-order chi connectivity index (χ0) is 18.9. The summed E-state index contributed by atoms with van der Waals surface area (Å²) in [6, 6.07) is 13.8. The molecule has 0 radical (unpaired) electrons. The number of carbonyl (C=O) groups excluding carboxylic acids is 3. The van der Waals surface area contributed by atoms with Crippen LogP contribution in [0.25, 0.3) is 0 Å². The van der Waals surface area contributed by atoms with Crippen molar-refractivity contribution >= 4 is 51.0 Å². The van der Waals surface area contributed by atoms with Gasteiger partial charge in [0, 0.05) is 9.50 Å². The van der Waals surface area contributed by atoms with Crippen LogP contribution in [0.3, 0.4) is 0 Å². The minimum Gasteiger partial charge on any atom is -0.455 e. The maximum absolute atomic E-state index is 11.8. The molecule has 2 N–H and O–H groups in total. The van der Waals surface area contributed by atoms with E-state index in [9.17, 15) is 14.4 Å². The molecule has 2 aromatic carbocycles. The number of rotatable bonds is 7. The van der Waals surface area contributed by atoms with Crippen LogP contribution in [0.4, 0.5) is 5.69 Å². The van der Waals surface area contributed by atoms with Crippen molar-refractivity contribution in [2.24, 2.45) is 0 Å². The maximum atomic E-state index is 11.8. The molecule has 0 unspecified atom stereocenters. The summed E-state index contributed by atoms with van der Waals surface area (Å²) < 4.78 is 5.62. The van der Waals surface area contributed by atoms with Gasteiger partial charge in [-0.2, -0.15) is 0 Å². The van der Waals surface area contributed by atoms with E-state index < -0.39 is 24.4 Å². The molecule has 2 amide bonds. The number of para-hydroxylation sites is 1. The van der Waals surface area contributed by atoms with Gasteiger partial charge < -0.3 is 15.4 Å². The normalized spacial score (nSPS) is 10.1. The van der Waals surface area contributed by atoms with Gasteiger partial charge in [-0.1, -0.05) is 35.9 Å². The van der Waals surface area contributed by atoms with Crippen LogP contribution in [-0.4, -0.2) is 30.9 Å². The van der Waals surface area contributed by atoms with Gasteiger partial charge in [-0.15, -0.1) is 0 Å². The number of carbonyl (C=O) groups is 3. The lowest BCUT2D eigenvalue weighted by Crippen LogP contribution is -2.35. The van der Waals surface area contributed by atoms with Gasteiger partial charge in [-0.3, -0.25) is 14.4 Å². The fourth-order valence-electron chi connectivity index (χ4n) is 1.95. The molecule has 0 fully saturated rings. The summed E-state index contributed by atoms with van der Waals surface area (Å²) in [6.45, 7) is -0.677. The second-order valence-electron chi connectivity index (χ2n) is 5.27. The summed E-state index contributed by atoms with van der Waals surface area (Å²) in [4.78, 5) is 35.2. The quantitative estimate of drug-likeness (QED) is 0.650. The first-order valence-electron chi connectivity index (χ1n) is 7.65. The number of hydrogen-bond donors (Lipinski definition) is 2. The lowest BCUT2D eigenvalue weighted by molar-refractivity contribution is -0.147. The Morgan fingerprint density at radius 1 is 1.00 bits per heavy atom. The summed E-state index contributed by atoms with van der Waals surface area (Å²) in [5, 5.41) is 5.61. The van der Waals surface area contributed by atoms with E-state index in [4.69, 9.17) is 16.3 Å². The van der Waals surface area contributed by atoms with Crippen molar-refractivity contribution in [2.45, 2.75) is 6.42 Å². The van der Waals surface area contributed by atoms with Crippen LogP contribution >= 0.6 is 27.5 Å². The average Bonchev–Trinajstić information content (AvgIpc) is 2.62. The maximum Gasteiger partial charge on any atom is 0.310 e. The number of amides is 2. The van der Waals surface area contributed by atoms with Gasteiger partial charge in [0.1, 0.15) is 0 Å². The smallest absolute Gasteiger partial charge is 0.310 e. The molecular formula is C18H16BrClN2O4. The molecular weight excluding hydrogens is 424 g/mol. The Balaban J connectivity index is 1.68. The van der Waals surface area contributed by atoms with Crippen LogP contribution in [0.15, 0.2) is 53.0 Å². The van der Waals surface area contributed by atoms with Crippen molar-refractivity contribution in [1.29, 1.82) is 0 Å². The summed E-state index contributed by atoms with van der Waals surface area (Å²) in [5.41, 5.74) is 1.33. The van der Waals surface area contributed by atoms with Gasteiger partial charge in [-0.05, 0) is 45.8 Å². The molecule has 0 saturated heterocycles. The molecule has 2 rings (SSSR count). The number of anilines is 1. The highest BCUT2D eigenvalue weighted by Crippen LogP contribution is 2.20. The Labute approximate surface area is 164 Å². The van der Waals surface area contributed by atoms with E-state index in [1.54, 1.807) is 42.5 Å². The van der Waals surface area contributed by atoms with Gasteiger partial charge in [0.25, 0.3) is 5.91 Å². The zero-order valence-electron chi connectivity index (χ0n) is 13.6. The van der Waals surface area contributed by atoms with Crippen molar-refractivity contribution < 1.29 is 19.1 Å². The fraction of sp³-hybridized carbons (Fsp3) is 0.167. The standard InChI is InChI=1S/C18H16BrClN2O4/c19-14-3-1-2-4-15(14)22-16(23)10-21-17(24)11-26-18(25)9-12-5-7-13(20)8-6-12/h1-8H,9-11H2,(H,21,24)(H,22,23). The summed E-state index contributed by atoms with van der Waals surface area (Å²) in [7, 11) is 0. The van der Waals surface area contributed by atoms with Crippen molar-refractivity contribution in [1.82, 2.24) is 5.32 Å². The minimum atomic E-state index is -0.559. The Morgan fingerprint density at radius 2 is 1.69 bits per heavy atom. The second kappa shape index (κ2) is 9.94. The Hall–Kier alpha value is -2.38. The van der Waals surface area contributed by atoms with E-state index in [2.05, 4.69) is 26.6 Å². The van der Waals surface area contributed by atoms with E-state index >= 15 is 0 Å². The molecule has 6 nitrogen and oxygen atoms in total. The molecule has 0 aliphatic carbocycles. The molecule has 0 saturated carbocycles. The van der Waals surface area contributed by atoms with Gasteiger partial charge in [-0.25, -0.2) is 0 Å². The Bertz CT molecular complexity index is 796. The van der Waals surface area contributed by atoms with Crippen molar-refractivity contribution in [3.05, 3.63) is 63.6 Å². The molecule has 26 heavy (non-hydrogen) atoms. The fourth-order valence-corrected chi connectivity index (χ4v) is 2.46. The lowest BCUT2D eigenvalue weighted by atomic mass is 10.1. The van der Waals surface area contributed by atoms with Crippen molar-refractivity contribution in [3.63, 3.8) is 0 Å². The third-order valence-electron chi connectivity index (χ3n) is 3.22.